The van der Waals surface area contributed by atoms with Crippen LogP contribution in [0.3, 0.4) is 0 Å². The molecule has 154 valence electrons. The van der Waals surface area contributed by atoms with Gasteiger partial charge in [0.25, 0.3) is 5.91 Å². The molecule has 4 rings (SSSR count). The van der Waals surface area contributed by atoms with Crippen molar-refractivity contribution in [3.8, 4) is 0 Å². The number of fused-ring (bicyclic) bond motifs is 1. The van der Waals surface area contributed by atoms with E-state index in [0.717, 1.165) is 36.7 Å². The highest BCUT2D eigenvalue weighted by atomic mass is 32.1. The molecule has 6 heteroatoms. The van der Waals surface area contributed by atoms with Crippen molar-refractivity contribution < 1.29 is 9.59 Å². The Kier molecular flexibility index (Phi) is 6.01. The van der Waals surface area contributed by atoms with Gasteiger partial charge in [0.05, 0.1) is 6.04 Å². The first-order valence-electron chi connectivity index (χ1n) is 10.5. The van der Waals surface area contributed by atoms with E-state index in [-0.39, 0.29) is 17.9 Å². The second kappa shape index (κ2) is 8.67. The number of hydrogen-bond donors (Lipinski definition) is 1. The van der Waals surface area contributed by atoms with Crippen molar-refractivity contribution >= 4 is 28.8 Å². The standard InChI is InChI=1S/C23H29N3O2S/c1-16-7-10-25(11-8-16)21(22-4-3-13-29-22)15-24-23(28)19-5-6-20-18(14-19)9-12-26(20)17(2)27/h3-6,13-14,16,21H,7-12,15H2,1-2H3,(H,24,28)/t21-/m0/s1. The van der Waals surface area contributed by atoms with E-state index in [1.54, 1.807) is 23.2 Å². The molecule has 1 aromatic heterocycles. The molecule has 1 atom stereocenters. The molecule has 5 nitrogen and oxygen atoms in total. The molecule has 2 aromatic rings. The van der Waals surface area contributed by atoms with Gasteiger partial charge in [-0.3, -0.25) is 14.5 Å². The molecule has 1 fully saturated rings. The van der Waals surface area contributed by atoms with Crippen LogP contribution >= 0.6 is 11.3 Å². The lowest BCUT2D eigenvalue weighted by molar-refractivity contribution is -0.116. The largest absolute Gasteiger partial charge is 0.350 e. The Morgan fingerprint density at radius 3 is 2.69 bits per heavy atom. The fourth-order valence-corrected chi connectivity index (χ4v) is 5.25. The van der Waals surface area contributed by atoms with Crippen molar-refractivity contribution in [2.75, 3.05) is 31.1 Å². The predicted octanol–water partition coefficient (Wildman–Crippen LogP) is 3.86. The van der Waals surface area contributed by atoms with Crippen LogP contribution in [-0.4, -0.2) is 42.9 Å². The van der Waals surface area contributed by atoms with E-state index < -0.39 is 0 Å². The van der Waals surface area contributed by atoms with Crippen molar-refractivity contribution in [1.82, 2.24) is 10.2 Å². The molecular weight excluding hydrogens is 382 g/mol. The zero-order chi connectivity index (χ0) is 20.4. The normalized spacial score (nSPS) is 18.5. The van der Waals surface area contributed by atoms with Gasteiger partial charge < -0.3 is 10.2 Å². The Hall–Kier alpha value is -2.18. The Balaban J connectivity index is 1.44. The number of likely N-dealkylation sites (tertiary alicyclic amines) is 1. The average Bonchev–Trinajstić information content (AvgIpc) is 3.38. The number of benzene rings is 1. The van der Waals surface area contributed by atoms with Crippen LogP contribution in [0.5, 0.6) is 0 Å². The average molecular weight is 412 g/mol. The number of carbonyl (C=O) groups excluding carboxylic acids is 2. The van der Waals surface area contributed by atoms with Gasteiger partial charge in [0, 0.05) is 36.1 Å². The Labute approximate surface area is 176 Å². The highest BCUT2D eigenvalue weighted by Crippen LogP contribution is 2.30. The number of thiophene rings is 1. The monoisotopic (exact) mass is 411 g/mol. The van der Waals surface area contributed by atoms with Crippen LogP contribution < -0.4 is 10.2 Å². The predicted molar refractivity (Wildman–Crippen MR) is 118 cm³/mol. The second-order valence-corrected chi connectivity index (χ2v) is 9.20. The zero-order valence-electron chi connectivity index (χ0n) is 17.2. The van der Waals surface area contributed by atoms with Gasteiger partial charge in [0.15, 0.2) is 0 Å². The van der Waals surface area contributed by atoms with Crippen LogP contribution in [0.2, 0.25) is 0 Å². The van der Waals surface area contributed by atoms with E-state index in [2.05, 4.69) is 34.7 Å². The number of rotatable bonds is 5. The van der Waals surface area contributed by atoms with Crippen molar-refractivity contribution in [1.29, 1.82) is 0 Å². The number of carbonyl (C=O) groups is 2. The van der Waals surface area contributed by atoms with E-state index in [4.69, 9.17) is 0 Å². The molecule has 2 amide bonds. The minimum absolute atomic E-state index is 0.0407. The SMILES string of the molecule is CC(=O)N1CCc2cc(C(=O)NC[C@@H](c3cccs3)N3CCC(C)CC3)ccc21. The highest BCUT2D eigenvalue weighted by Gasteiger charge is 2.27. The summed E-state index contributed by atoms with van der Waals surface area (Å²) in [5.41, 5.74) is 2.69. The van der Waals surface area contributed by atoms with Crippen LogP contribution in [0.15, 0.2) is 35.7 Å². The topological polar surface area (TPSA) is 52.7 Å². The van der Waals surface area contributed by atoms with E-state index >= 15 is 0 Å². The van der Waals surface area contributed by atoms with Crippen molar-refractivity contribution in [3.05, 3.63) is 51.7 Å². The molecule has 0 spiro atoms. The number of nitrogens with zero attached hydrogens (tertiary/aromatic N) is 2. The molecule has 0 unspecified atom stereocenters. The molecular formula is C23H29N3O2S. The first kappa shape index (κ1) is 20.1. The summed E-state index contributed by atoms with van der Waals surface area (Å²) in [5, 5.41) is 5.28. The minimum atomic E-state index is -0.0407. The lowest BCUT2D eigenvalue weighted by Gasteiger charge is -2.36. The molecule has 3 heterocycles. The molecule has 0 radical (unpaired) electrons. The fraction of sp³-hybridized carbons (Fsp3) is 0.478. The van der Waals surface area contributed by atoms with Gasteiger partial charge in [-0.15, -0.1) is 11.3 Å². The molecule has 1 N–H and O–H groups in total. The maximum atomic E-state index is 12.9. The summed E-state index contributed by atoms with van der Waals surface area (Å²) in [7, 11) is 0. The first-order valence-corrected chi connectivity index (χ1v) is 11.4. The lowest BCUT2D eigenvalue weighted by atomic mass is 9.97. The number of hydrogen-bond acceptors (Lipinski definition) is 4. The van der Waals surface area contributed by atoms with Crippen LogP contribution in [0.1, 0.15) is 53.5 Å². The molecule has 1 aromatic carbocycles. The summed E-state index contributed by atoms with van der Waals surface area (Å²) in [6.07, 6.45) is 3.24. The number of amides is 2. The molecule has 2 aliphatic rings. The molecule has 0 bridgehead atoms. The van der Waals surface area contributed by atoms with Gasteiger partial charge in [-0.25, -0.2) is 0 Å². The molecule has 2 aliphatic heterocycles. The second-order valence-electron chi connectivity index (χ2n) is 8.22. The van der Waals surface area contributed by atoms with Gasteiger partial charge in [-0.05, 0) is 73.5 Å². The van der Waals surface area contributed by atoms with E-state index in [9.17, 15) is 9.59 Å². The summed E-state index contributed by atoms with van der Waals surface area (Å²) in [6, 6.07) is 10.2. The summed E-state index contributed by atoms with van der Waals surface area (Å²) in [5.74, 6) is 0.794. The van der Waals surface area contributed by atoms with Gasteiger partial charge in [0.2, 0.25) is 5.91 Å². The number of piperidine rings is 1. The Morgan fingerprint density at radius 1 is 1.21 bits per heavy atom. The third kappa shape index (κ3) is 4.38. The van der Waals surface area contributed by atoms with Crippen LogP contribution in [-0.2, 0) is 11.2 Å². The smallest absolute Gasteiger partial charge is 0.251 e. The van der Waals surface area contributed by atoms with Crippen molar-refractivity contribution in [2.45, 2.75) is 39.2 Å². The van der Waals surface area contributed by atoms with Crippen molar-refractivity contribution in [3.63, 3.8) is 0 Å². The Bertz CT molecular complexity index is 872. The molecule has 0 saturated carbocycles. The van der Waals surface area contributed by atoms with E-state index in [1.807, 2.05) is 18.2 Å². The molecule has 0 aliphatic carbocycles. The van der Waals surface area contributed by atoms with Gasteiger partial charge in [-0.1, -0.05) is 13.0 Å². The quantitative estimate of drug-likeness (QED) is 0.813. The fourth-order valence-electron chi connectivity index (χ4n) is 4.39. The van der Waals surface area contributed by atoms with Crippen LogP contribution in [0, 0.1) is 5.92 Å². The van der Waals surface area contributed by atoms with Crippen molar-refractivity contribution in [2.24, 2.45) is 5.92 Å². The number of nitrogens with one attached hydrogen (secondary N) is 1. The van der Waals surface area contributed by atoms with Crippen LogP contribution in [0.4, 0.5) is 5.69 Å². The number of anilines is 1. The maximum Gasteiger partial charge on any atom is 0.251 e. The highest BCUT2D eigenvalue weighted by molar-refractivity contribution is 7.10. The lowest BCUT2D eigenvalue weighted by Crippen LogP contribution is -2.41. The zero-order valence-corrected chi connectivity index (χ0v) is 18.0. The molecule has 29 heavy (non-hydrogen) atoms. The Morgan fingerprint density at radius 2 is 2.00 bits per heavy atom. The summed E-state index contributed by atoms with van der Waals surface area (Å²) in [4.78, 5) is 30.2. The third-order valence-electron chi connectivity index (χ3n) is 6.20. The van der Waals surface area contributed by atoms with Crippen LogP contribution in [0.25, 0.3) is 0 Å². The van der Waals surface area contributed by atoms with Gasteiger partial charge >= 0.3 is 0 Å². The maximum absolute atomic E-state index is 12.9. The summed E-state index contributed by atoms with van der Waals surface area (Å²) >= 11 is 1.76. The van der Waals surface area contributed by atoms with Gasteiger partial charge in [-0.2, -0.15) is 0 Å². The summed E-state index contributed by atoms with van der Waals surface area (Å²) in [6.45, 7) is 7.38. The summed E-state index contributed by atoms with van der Waals surface area (Å²) < 4.78 is 0. The molecule has 1 saturated heterocycles. The third-order valence-corrected chi connectivity index (χ3v) is 7.18. The van der Waals surface area contributed by atoms with E-state index in [0.29, 0.717) is 18.7 Å². The minimum Gasteiger partial charge on any atom is -0.350 e. The van der Waals surface area contributed by atoms with Gasteiger partial charge in [0.1, 0.15) is 0 Å². The first-order chi connectivity index (χ1) is 14.0. The van der Waals surface area contributed by atoms with E-state index in [1.165, 1.54) is 17.7 Å².